The van der Waals surface area contributed by atoms with Crippen molar-refractivity contribution < 1.29 is 37.1 Å². The maximum Gasteiger partial charge on any atom is 0.573 e. The molecule has 0 saturated heterocycles. The van der Waals surface area contributed by atoms with Crippen LogP contribution in [0.3, 0.4) is 0 Å². The van der Waals surface area contributed by atoms with Crippen LogP contribution in [0.4, 0.5) is 23.7 Å². The lowest BCUT2D eigenvalue weighted by Crippen LogP contribution is -2.44. The van der Waals surface area contributed by atoms with Gasteiger partial charge in [0, 0.05) is 36.8 Å². The standard InChI is InChI=1S/C23H20F3N3O5/c24-23(25,26)34-17-3-1-2-15(9-17)28-22(33)27-11-13-4-5-14-12-29(21(32)18(14)8-13)19-7-6-16(30)10-20(19)31/h1-5,8-9,19H,6-7,10-12H2,(H2,27,28,33). The highest BCUT2D eigenvalue weighted by atomic mass is 19.4. The molecule has 0 spiro atoms. The molecule has 0 radical (unpaired) electrons. The number of alkyl halides is 3. The van der Waals surface area contributed by atoms with E-state index in [1.165, 1.54) is 17.0 Å². The van der Waals surface area contributed by atoms with Gasteiger partial charge in [-0.05, 0) is 35.7 Å². The summed E-state index contributed by atoms with van der Waals surface area (Å²) in [5, 5.41) is 5.00. The van der Waals surface area contributed by atoms with Crippen LogP contribution in [0.25, 0.3) is 0 Å². The Hall–Kier alpha value is -3.89. The summed E-state index contributed by atoms with van der Waals surface area (Å²) < 4.78 is 40.9. The maximum atomic E-state index is 12.9. The lowest BCUT2D eigenvalue weighted by molar-refractivity contribution is -0.274. The molecule has 178 valence electrons. The van der Waals surface area contributed by atoms with Crippen LogP contribution in [0.1, 0.15) is 40.7 Å². The van der Waals surface area contributed by atoms with Crippen LogP contribution in [0.15, 0.2) is 42.5 Å². The summed E-state index contributed by atoms with van der Waals surface area (Å²) in [5.41, 5.74) is 1.92. The highest BCUT2D eigenvalue weighted by Gasteiger charge is 2.39. The lowest BCUT2D eigenvalue weighted by atomic mass is 9.92. The van der Waals surface area contributed by atoms with Gasteiger partial charge in [0.15, 0.2) is 5.78 Å². The highest BCUT2D eigenvalue weighted by Crippen LogP contribution is 2.30. The Bertz CT molecular complexity index is 1160. The van der Waals surface area contributed by atoms with Crippen LogP contribution < -0.4 is 15.4 Å². The lowest BCUT2D eigenvalue weighted by Gasteiger charge is -2.29. The van der Waals surface area contributed by atoms with Gasteiger partial charge in [-0.2, -0.15) is 0 Å². The normalized spacial score (nSPS) is 18.0. The first-order chi connectivity index (χ1) is 16.1. The number of urea groups is 1. The number of nitrogens with one attached hydrogen (secondary N) is 2. The summed E-state index contributed by atoms with van der Waals surface area (Å²) in [6.45, 7) is 0.339. The SMILES string of the molecule is O=C1CCC(N2Cc3ccc(CNC(=O)Nc4cccc(OC(F)(F)F)c4)cc3C2=O)C(=O)C1. The summed E-state index contributed by atoms with van der Waals surface area (Å²) >= 11 is 0. The van der Waals surface area contributed by atoms with Crippen molar-refractivity contribution in [3.05, 3.63) is 59.2 Å². The Kier molecular flexibility index (Phi) is 6.27. The molecule has 2 aromatic carbocycles. The zero-order valence-electron chi connectivity index (χ0n) is 17.8. The van der Waals surface area contributed by atoms with Crippen LogP contribution in [-0.4, -0.2) is 40.8 Å². The Morgan fingerprint density at radius 3 is 2.65 bits per heavy atom. The Morgan fingerprint density at radius 2 is 1.91 bits per heavy atom. The number of fused-ring (bicyclic) bond motifs is 1. The fourth-order valence-electron chi connectivity index (χ4n) is 4.05. The molecule has 2 N–H and O–H groups in total. The van der Waals surface area contributed by atoms with Gasteiger partial charge in [-0.3, -0.25) is 14.4 Å². The molecule has 8 nitrogen and oxygen atoms in total. The van der Waals surface area contributed by atoms with Crippen LogP contribution in [0.2, 0.25) is 0 Å². The van der Waals surface area contributed by atoms with Gasteiger partial charge in [0.1, 0.15) is 11.5 Å². The molecular weight excluding hydrogens is 455 g/mol. The third-order valence-corrected chi connectivity index (χ3v) is 5.60. The van der Waals surface area contributed by atoms with E-state index in [0.29, 0.717) is 17.5 Å². The Labute approximate surface area is 192 Å². The van der Waals surface area contributed by atoms with Crippen molar-refractivity contribution in [3.8, 4) is 5.75 Å². The number of halogens is 3. The molecule has 4 rings (SSSR count). The van der Waals surface area contributed by atoms with Crippen molar-refractivity contribution >= 4 is 29.2 Å². The number of carbonyl (C=O) groups is 4. The van der Waals surface area contributed by atoms with E-state index in [0.717, 1.165) is 17.7 Å². The molecule has 34 heavy (non-hydrogen) atoms. The monoisotopic (exact) mass is 475 g/mol. The number of benzene rings is 2. The third-order valence-electron chi connectivity index (χ3n) is 5.60. The smallest absolute Gasteiger partial charge is 0.406 e. The average molecular weight is 475 g/mol. The van der Waals surface area contributed by atoms with Crippen molar-refractivity contribution in [2.75, 3.05) is 5.32 Å². The third kappa shape index (κ3) is 5.36. The second kappa shape index (κ2) is 9.16. The molecule has 1 atom stereocenters. The Balaban J connectivity index is 1.35. The predicted octanol–water partition coefficient (Wildman–Crippen LogP) is 3.55. The molecule has 1 heterocycles. The van der Waals surface area contributed by atoms with Gasteiger partial charge in [-0.15, -0.1) is 13.2 Å². The van der Waals surface area contributed by atoms with Crippen molar-refractivity contribution in [1.82, 2.24) is 10.2 Å². The van der Waals surface area contributed by atoms with E-state index < -0.39 is 24.2 Å². The molecule has 11 heteroatoms. The number of ketones is 2. The van der Waals surface area contributed by atoms with E-state index in [9.17, 15) is 32.3 Å². The summed E-state index contributed by atoms with van der Waals surface area (Å²) in [7, 11) is 0. The first-order valence-electron chi connectivity index (χ1n) is 10.5. The van der Waals surface area contributed by atoms with E-state index in [-0.39, 0.29) is 49.1 Å². The predicted molar refractivity (Wildman–Crippen MR) is 113 cm³/mol. The number of Topliss-reactive ketones (excluding diaryl/α,β-unsaturated/α-hetero) is 2. The molecule has 3 amide bonds. The second-order valence-electron chi connectivity index (χ2n) is 8.04. The first-order valence-corrected chi connectivity index (χ1v) is 10.5. The second-order valence-corrected chi connectivity index (χ2v) is 8.04. The summed E-state index contributed by atoms with van der Waals surface area (Å²) in [6.07, 6.45) is -4.41. The molecule has 1 fully saturated rings. The van der Waals surface area contributed by atoms with Crippen molar-refractivity contribution in [1.29, 1.82) is 0 Å². The molecule has 2 aliphatic rings. The zero-order valence-corrected chi connectivity index (χ0v) is 17.8. The highest BCUT2D eigenvalue weighted by molar-refractivity contribution is 6.07. The minimum absolute atomic E-state index is 0.0575. The number of hydrogen-bond acceptors (Lipinski definition) is 5. The van der Waals surface area contributed by atoms with E-state index in [4.69, 9.17) is 0 Å². The number of nitrogens with zero attached hydrogens (tertiary/aromatic N) is 1. The largest absolute Gasteiger partial charge is 0.573 e. The van der Waals surface area contributed by atoms with E-state index in [1.807, 2.05) is 0 Å². The maximum absolute atomic E-state index is 12.9. The van der Waals surface area contributed by atoms with Gasteiger partial charge in [0.25, 0.3) is 5.91 Å². The van der Waals surface area contributed by atoms with Gasteiger partial charge in [-0.1, -0.05) is 18.2 Å². The van der Waals surface area contributed by atoms with Crippen LogP contribution >= 0.6 is 0 Å². The topological polar surface area (TPSA) is 105 Å². The molecule has 1 aliphatic heterocycles. The van der Waals surface area contributed by atoms with Gasteiger partial charge in [0.2, 0.25) is 0 Å². The zero-order chi connectivity index (χ0) is 24.5. The fraction of sp³-hybridized carbons (Fsp3) is 0.304. The van der Waals surface area contributed by atoms with Crippen molar-refractivity contribution in [2.24, 2.45) is 0 Å². The average Bonchev–Trinajstić information content (AvgIpc) is 3.07. The molecular formula is C23H20F3N3O5. The van der Waals surface area contributed by atoms with Crippen molar-refractivity contribution in [2.45, 2.75) is 44.8 Å². The molecule has 0 bridgehead atoms. The van der Waals surface area contributed by atoms with E-state index in [1.54, 1.807) is 18.2 Å². The quantitative estimate of drug-likeness (QED) is 0.644. The van der Waals surface area contributed by atoms with Gasteiger partial charge in [0.05, 0.1) is 12.5 Å². The van der Waals surface area contributed by atoms with Gasteiger partial charge >= 0.3 is 12.4 Å². The summed E-state index contributed by atoms with van der Waals surface area (Å²) in [4.78, 5) is 50.3. The number of rotatable bonds is 5. The number of carbonyl (C=O) groups excluding carboxylic acids is 4. The number of amides is 3. The molecule has 0 aromatic heterocycles. The molecule has 1 aliphatic carbocycles. The number of anilines is 1. The molecule has 2 aromatic rings. The summed E-state index contributed by atoms with van der Waals surface area (Å²) in [6, 6.07) is 8.72. The Morgan fingerprint density at radius 1 is 1.12 bits per heavy atom. The van der Waals surface area contributed by atoms with Gasteiger partial charge < -0.3 is 20.3 Å². The van der Waals surface area contributed by atoms with Gasteiger partial charge in [-0.25, -0.2) is 4.79 Å². The van der Waals surface area contributed by atoms with Crippen LogP contribution in [-0.2, 0) is 22.7 Å². The number of ether oxygens (including phenoxy) is 1. The molecule has 1 unspecified atom stereocenters. The fourth-order valence-corrected chi connectivity index (χ4v) is 4.05. The van der Waals surface area contributed by atoms with E-state index >= 15 is 0 Å². The van der Waals surface area contributed by atoms with E-state index in [2.05, 4.69) is 15.4 Å². The van der Waals surface area contributed by atoms with Crippen LogP contribution in [0.5, 0.6) is 5.75 Å². The molecule has 1 saturated carbocycles. The minimum atomic E-state index is -4.84. The summed E-state index contributed by atoms with van der Waals surface area (Å²) in [5.74, 6) is -1.12. The number of hydrogen-bond donors (Lipinski definition) is 2. The first kappa shape index (κ1) is 23.3. The minimum Gasteiger partial charge on any atom is -0.406 e. The van der Waals surface area contributed by atoms with Crippen LogP contribution in [0, 0.1) is 0 Å². The van der Waals surface area contributed by atoms with Crippen molar-refractivity contribution in [3.63, 3.8) is 0 Å².